The van der Waals surface area contributed by atoms with Crippen molar-refractivity contribution in [1.29, 1.82) is 0 Å². The summed E-state index contributed by atoms with van der Waals surface area (Å²) in [7, 11) is 0.627. The number of hydrogen-bond acceptors (Lipinski definition) is 3. The lowest BCUT2D eigenvalue weighted by Crippen LogP contribution is -2.30. The van der Waals surface area contributed by atoms with E-state index < -0.39 is 11.9 Å². The number of nitrogens with two attached hydrogens (primary N) is 1. The minimum atomic E-state index is -4.46. The zero-order chi connectivity index (χ0) is 12.2. The van der Waals surface area contributed by atoms with Gasteiger partial charge >= 0.3 is 6.18 Å². The van der Waals surface area contributed by atoms with Gasteiger partial charge in [-0.25, -0.2) is 0 Å². The van der Waals surface area contributed by atoms with E-state index in [0.29, 0.717) is 25.4 Å². The topological polar surface area (TPSA) is 59.1 Å². The first kappa shape index (κ1) is 13.1. The Morgan fingerprint density at radius 2 is 2.06 bits per heavy atom. The zero-order valence-electron chi connectivity index (χ0n) is 8.59. The van der Waals surface area contributed by atoms with Crippen LogP contribution < -0.4 is 11.3 Å². The highest BCUT2D eigenvalue weighted by Crippen LogP contribution is 2.27. The van der Waals surface area contributed by atoms with Gasteiger partial charge in [0.05, 0.1) is 7.06 Å². The van der Waals surface area contributed by atoms with E-state index in [1.54, 1.807) is 0 Å². The van der Waals surface area contributed by atoms with Crippen molar-refractivity contribution in [2.24, 2.45) is 5.73 Å². The monoisotopic (exact) mass is 228 g/mol. The molecule has 0 aliphatic carbocycles. The van der Waals surface area contributed by atoms with Crippen LogP contribution in [0.5, 0.6) is 0 Å². The fourth-order valence-corrected chi connectivity index (χ4v) is 1.30. The molecule has 0 aliphatic rings. The SMILES string of the molecule is NCc1cc(BBBO)nc(C(F)(F)F)c1. The van der Waals surface area contributed by atoms with Gasteiger partial charge in [-0.05, 0) is 23.3 Å². The van der Waals surface area contributed by atoms with Crippen molar-refractivity contribution in [2.75, 3.05) is 0 Å². The van der Waals surface area contributed by atoms with Crippen LogP contribution in [0.2, 0.25) is 0 Å². The van der Waals surface area contributed by atoms with Crippen LogP contribution >= 0.6 is 0 Å². The Morgan fingerprint density at radius 1 is 1.38 bits per heavy atom. The summed E-state index contributed by atoms with van der Waals surface area (Å²) in [6, 6.07) is 2.48. The number of rotatable bonds is 4. The first-order valence-electron chi connectivity index (χ1n) is 4.85. The minimum absolute atomic E-state index is 0.0394. The average molecular weight is 228 g/mol. The summed E-state index contributed by atoms with van der Waals surface area (Å²) in [4.78, 5) is 3.50. The van der Waals surface area contributed by atoms with Gasteiger partial charge in [-0.2, -0.15) is 13.2 Å². The highest BCUT2D eigenvalue weighted by molar-refractivity contribution is 7.30. The maximum atomic E-state index is 12.5. The molecule has 0 atom stereocenters. The standard InChI is InChI=1S/C7H10B3F3N2O/c11-7(12,13)5-1-4(3-14)2-6(15-5)8-9-10-16/h1-2,8-10,16H,3,14H2. The van der Waals surface area contributed by atoms with Gasteiger partial charge in [-0.15, -0.1) is 0 Å². The fourth-order valence-electron chi connectivity index (χ4n) is 1.30. The van der Waals surface area contributed by atoms with Gasteiger partial charge in [0, 0.05) is 6.54 Å². The lowest BCUT2D eigenvalue weighted by Gasteiger charge is -2.09. The molecule has 0 bridgehead atoms. The molecule has 0 saturated heterocycles. The normalized spacial score (nSPS) is 11.1. The molecule has 1 aromatic rings. The van der Waals surface area contributed by atoms with Crippen molar-refractivity contribution in [3.05, 3.63) is 23.4 Å². The van der Waals surface area contributed by atoms with Gasteiger partial charge in [0.2, 0.25) is 7.37 Å². The van der Waals surface area contributed by atoms with Crippen LogP contribution in [0, 0.1) is 0 Å². The molecule has 0 unspecified atom stereocenters. The van der Waals surface area contributed by atoms with Crippen LogP contribution in [-0.2, 0) is 12.7 Å². The van der Waals surface area contributed by atoms with Crippen molar-refractivity contribution in [1.82, 2.24) is 4.98 Å². The smallest absolute Gasteiger partial charge is 0.433 e. The second-order valence-corrected chi connectivity index (χ2v) is 3.38. The van der Waals surface area contributed by atoms with Gasteiger partial charge in [-0.3, -0.25) is 4.98 Å². The molecule has 0 aliphatic heterocycles. The van der Waals surface area contributed by atoms with Crippen molar-refractivity contribution in [3.63, 3.8) is 0 Å². The van der Waals surface area contributed by atoms with E-state index in [9.17, 15) is 13.2 Å². The molecule has 0 aromatic carbocycles. The summed E-state index contributed by atoms with van der Waals surface area (Å²) in [6.45, 7) is 0.0394. The summed E-state index contributed by atoms with van der Waals surface area (Å²) in [5, 5.41) is 8.61. The maximum absolute atomic E-state index is 12.5. The van der Waals surface area contributed by atoms with Crippen LogP contribution in [0.4, 0.5) is 13.2 Å². The third kappa shape index (κ3) is 3.57. The van der Waals surface area contributed by atoms with Crippen molar-refractivity contribution in [2.45, 2.75) is 12.7 Å². The summed E-state index contributed by atoms with van der Waals surface area (Å²) in [5.74, 6) is 0. The number of nitrogens with zero attached hydrogens (tertiary/aromatic N) is 1. The van der Waals surface area contributed by atoms with Crippen LogP contribution in [0.3, 0.4) is 0 Å². The molecular weight excluding hydrogens is 218 g/mol. The lowest BCUT2D eigenvalue weighted by atomic mass is 9.24. The third-order valence-electron chi connectivity index (χ3n) is 2.06. The summed E-state index contributed by atoms with van der Waals surface area (Å²) >= 11 is 0. The first-order valence-corrected chi connectivity index (χ1v) is 4.85. The molecule has 1 heterocycles. The van der Waals surface area contributed by atoms with Gasteiger partial charge < -0.3 is 10.8 Å². The number of halogens is 3. The Bertz CT molecular complexity index is 361. The quantitative estimate of drug-likeness (QED) is 0.599. The Labute approximate surface area is 93.0 Å². The fraction of sp³-hybridized carbons (Fsp3) is 0.286. The number of hydrogen-bond donors (Lipinski definition) is 2. The van der Waals surface area contributed by atoms with Crippen molar-refractivity contribution in [3.8, 4) is 0 Å². The molecule has 84 valence electrons. The van der Waals surface area contributed by atoms with E-state index >= 15 is 0 Å². The average Bonchev–Trinajstić information content (AvgIpc) is 2.24. The summed E-state index contributed by atoms with van der Waals surface area (Å²) < 4.78 is 37.4. The highest BCUT2D eigenvalue weighted by atomic mass is 19.4. The number of pyridine rings is 1. The van der Waals surface area contributed by atoms with Crippen molar-refractivity contribution < 1.29 is 18.2 Å². The molecule has 16 heavy (non-hydrogen) atoms. The van der Waals surface area contributed by atoms with E-state index in [0.717, 1.165) is 6.07 Å². The van der Waals surface area contributed by atoms with Crippen LogP contribution in [0.15, 0.2) is 12.1 Å². The maximum Gasteiger partial charge on any atom is 0.433 e. The van der Waals surface area contributed by atoms with Crippen molar-refractivity contribution >= 4 is 27.2 Å². The molecule has 3 nitrogen and oxygen atoms in total. The second kappa shape index (κ2) is 5.40. The van der Waals surface area contributed by atoms with Gasteiger partial charge in [0.15, 0.2) is 0 Å². The molecule has 9 heteroatoms. The van der Waals surface area contributed by atoms with E-state index in [1.165, 1.54) is 6.07 Å². The second-order valence-electron chi connectivity index (χ2n) is 3.38. The minimum Gasteiger partial charge on any atom is -0.464 e. The van der Waals surface area contributed by atoms with Gasteiger partial charge in [0.1, 0.15) is 12.9 Å². The van der Waals surface area contributed by atoms with Gasteiger partial charge in [-0.1, -0.05) is 0 Å². The summed E-state index contributed by atoms with van der Waals surface area (Å²) in [5.41, 5.74) is 5.10. The summed E-state index contributed by atoms with van der Waals surface area (Å²) in [6.07, 6.45) is -4.46. The highest BCUT2D eigenvalue weighted by Gasteiger charge is 2.32. The molecule has 1 aromatic heterocycles. The van der Waals surface area contributed by atoms with Crippen LogP contribution in [0.25, 0.3) is 0 Å². The number of alkyl halides is 3. The Balaban J connectivity index is 3.01. The zero-order valence-corrected chi connectivity index (χ0v) is 8.59. The molecule has 1 rings (SSSR count). The molecule has 0 saturated carbocycles. The molecule has 3 N–H and O–H groups in total. The lowest BCUT2D eigenvalue weighted by molar-refractivity contribution is -0.141. The largest absolute Gasteiger partial charge is 0.464 e. The predicted molar refractivity (Wildman–Crippen MR) is 60.4 cm³/mol. The van der Waals surface area contributed by atoms with E-state index in [2.05, 4.69) is 4.98 Å². The predicted octanol–water partition coefficient (Wildman–Crippen LogP) is -1.77. The van der Waals surface area contributed by atoms with Crippen LogP contribution in [-0.4, -0.2) is 31.6 Å². The molecule has 0 radical (unpaired) electrons. The Morgan fingerprint density at radius 3 is 2.56 bits per heavy atom. The van der Waals surface area contributed by atoms with Gasteiger partial charge in [0.25, 0.3) is 0 Å². The molecule has 0 spiro atoms. The number of aromatic nitrogens is 1. The molecule has 0 amide bonds. The molecule has 0 fully saturated rings. The van der Waals surface area contributed by atoms with E-state index in [-0.39, 0.29) is 13.9 Å². The van der Waals surface area contributed by atoms with Crippen LogP contribution in [0.1, 0.15) is 11.3 Å². The van der Waals surface area contributed by atoms with E-state index in [1.807, 2.05) is 0 Å². The first-order chi connectivity index (χ1) is 7.47. The third-order valence-corrected chi connectivity index (χ3v) is 2.06. The molecular formula is C7H10B3F3N2O. The Kier molecular flexibility index (Phi) is 4.43. The van der Waals surface area contributed by atoms with E-state index in [4.69, 9.17) is 10.8 Å². The Hall–Kier alpha value is -0.945.